The van der Waals surface area contributed by atoms with E-state index in [0.717, 1.165) is 13.0 Å². The summed E-state index contributed by atoms with van der Waals surface area (Å²) in [7, 11) is 3.92. The maximum Gasteiger partial charge on any atom is 0.137 e. The van der Waals surface area contributed by atoms with Gasteiger partial charge in [-0.25, -0.2) is 4.98 Å². The molecule has 0 bridgehead atoms. The van der Waals surface area contributed by atoms with Crippen molar-refractivity contribution in [2.75, 3.05) is 27.2 Å². The highest BCUT2D eigenvalue weighted by Gasteiger charge is 2.21. The molecule has 0 fully saturated rings. The lowest BCUT2D eigenvalue weighted by Gasteiger charge is -2.28. The number of aryl methyl sites for hydroxylation is 1. The van der Waals surface area contributed by atoms with Crippen LogP contribution in [0.3, 0.4) is 0 Å². The normalized spacial score (nSPS) is 16.8. The minimum Gasteiger partial charge on any atom is -0.388 e. The summed E-state index contributed by atoms with van der Waals surface area (Å²) in [6.45, 7) is 6.04. The molecule has 1 rings (SSSR count). The third kappa shape index (κ3) is 6.09. The van der Waals surface area contributed by atoms with E-state index < -0.39 is 5.60 Å². The summed E-state index contributed by atoms with van der Waals surface area (Å²) in [5, 5.41) is 17.6. The van der Waals surface area contributed by atoms with E-state index in [9.17, 15) is 5.11 Å². The monoisotopic (exact) mass is 255 g/mol. The second-order valence-electron chi connectivity index (χ2n) is 5.46. The molecule has 0 aromatic carbocycles. The molecular weight excluding hydrogens is 230 g/mol. The Balaban J connectivity index is 2.21. The molecule has 2 atom stereocenters. The van der Waals surface area contributed by atoms with Crippen molar-refractivity contribution in [1.82, 2.24) is 25.0 Å². The van der Waals surface area contributed by atoms with Gasteiger partial charge in [0.15, 0.2) is 0 Å². The van der Waals surface area contributed by atoms with Crippen molar-refractivity contribution in [3.63, 3.8) is 0 Å². The summed E-state index contributed by atoms with van der Waals surface area (Å²) >= 11 is 0. The molecule has 0 saturated carbocycles. The van der Waals surface area contributed by atoms with Gasteiger partial charge < -0.3 is 15.3 Å². The fourth-order valence-electron chi connectivity index (χ4n) is 1.91. The lowest BCUT2D eigenvalue weighted by Crippen LogP contribution is -2.47. The number of hydrogen-bond acceptors (Lipinski definition) is 5. The molecule has 6 heteroatoms. The number of rotatable bonds is 8. The fraction of sp³-hybridized carbons (Fsp3) is 0.833. The van der Waals surface area contributed by atoms with Crippen LogP contribution in [-0.4, -0.2) is 63.6 Å². The third-order valence-corrected chi connectivity index (χ3v) is 2.75. The number of nitrogens with one attached hydrogen (secondary N) is 1. The van der Waals surface area contributed by atoms with E-state index >= 15 is 0 Å². The zero-order chi connectivity index (χ0) is 13.6. The van der Waals surface area contributed by atoms with Crippen molar-refractivity contribution >= 4 is 0 Å². The quantitative estimate of drug-likeness (QED) is 0.682. The number of aliphatic hydroxyl groups is 1. The Morgan fingerprint density at radius 1 is 1.50 bits per heavy atom. The van der Waals surface area contributed by atoms with Crippen LogP contribution in [-0.2, 0) is 6.54 Å². The van der Waals surface area contributed by atoms with Crippen LogP contribution < -0.4 is 5.32 Å². The average molecular weight is 255 g/mol. The minimum absolute atomic E-state index is 0.336. The van der Waals surface area contributed by atoms with E-state index in [2.05, 4.69) is 22.3 Å². The molecule has 104 valence electrons. The van der Waals surface area contributed by atoms with Gasteiger partial charge in [-0.05, 0) is 34.4 Å². The van der Waals surface area contributed by atoms with Crippen molar-refractivity contribution < 1.29 is 5.11 Å². The van der Waals surface area contributed by atoms with E-state index in [4.69, 9.17) is 0 Å². The lowest BCUT2D eigenvalue weighted by molar-refractivity contribution is 0.0314. The molecule has 1 aromatic rings. The Labute approximate surface area is 109 Å². The van der Waals surface area contributed by atoms with Gasteiger partial charge in [0.05, 0.1) is 5.60 Å². The summed E-state index contributed by atoms with van der Waals surface area (Å²) in [5.41, 5.74) is -0.703. The molecule has 2 unspecified atom stereocenters. The van der Waals surface area contributed by atoms with Crippen LogP contribution >= 0.6 is 0 Å². The van der Waals surface area contributed by atoms with E-state index in [1.165, 1.54) is 0 Å². The number of hydrogen-bond donors (Lipinski definition) is 2. The summed E-state index contributed by atoms with van der Waals surface area (Å²) in [5.74, 6) is 0. The molecule has 0 radical (unpaired) electrons. The van der Waals surface area contributed by atoms with Gasteiger partial charge in [0, 0.05) is 25.7 Å². The van der Waals surface area contributed by atoms with Gasteiger partial charge in [-0.2, -0.15) is 5.10 Å². The van der Waals surface area contributed by atoms with Gasteiger partial charge >= 0.3 is 0 Å². The van der Waals surface area contributed by atoms with Gasteiger partial charge in [-0.3, -0.25) is 4.68 Å². The fourth-order valence-corrected chi connectivity index (χ4v) is 1.91. The predicted molar refractivity (Wildman–Crippen MR) is 71.3 cm³/mol. The van der Waals surface area contributed by atoms with Crippen LogP contribution in [0.1, 0.15) is 20.3 Å². The second-order valence-corrected chi connectivity index (χ2v) is 5.46. The molecule has 1 aromatic heterocycles. The topological polar surface area (TPSA) is 66.2 Å². The van der Waals surface area contributed by atoms with Gasteiger partial charge in [0.2, 0.25) is 0 Å². The minimum atomic E-state index is -0.703. The Kier molecular flexibility index (Phi) is 5.71. The van der Waals surface area contributed by atoms with Crippen molar-refractivity contribution in [3.05, 3.63) is 12.7 Å². The van der Waals surface area contributed by atoms with Crippen molar-refractivity contribution in [3.8, 4) is 0 Å². The van der Waals surface area contributed by atoms with Gasteiger partial charge in [-0.15, -0.1) is 0 Å². The van der Waals surface area contributed by atoms with Gasteiger partial charge in [-0.1, -0.05) is 0 Å². The highest BCUT2D eigenvalue weighted by Crippen LogP contribution is 2.04. The smallest absolute Gasteiger partial charge is 0.137 e. The predicted octanol–water partition coefficient (Wildman–Crippen LogP) is -0.0411. The molecule has 1 heterocycles. The molecule has 0 aliphatic carbocycles. The van der Waals surface area contributed by atoms with Crippen LogP contribution in [0.2, 0.25) is 0 Å². The van der Waals surface area contributed by atoms with Crippen molar-refractivity contribution in [2.24, 2.45) is 0 Å². The first-order chi connectivity index (χ1) is 8.39. The Hall–Kier alpha value is -0.980. The first-order valence-corrected chi connectivity index (χ1v) is 6.32. The zero-order valence-electron chi connectivity index (χ0n) is 11.8. The van der Waals surface area contributed by atoms with Crippen molar-refractivity contribution in [2.45, 2.75) is 38.5 Å². The summed E-state index contributed by atoms with van der Waals surface area (Å²) in [4.78, 5) is 5.89. The molecule has 0 aliphatic rings. The first kappa shape index (κ1) is 15.1. The van der Waals surface area contributed by atoms with E-state index in [0.29, 0.717) is 19.1 Å². The summed E-state index contributed by atoms with van der Waals surface area (Å²) in [6.07, 6.45) is 4.22. The van der Waals surface area contributed by atoms with Crippen LogP contribution in [0.25, 0.3) is 0 Å². The zero-order valence-corrected chi connectivity index (χ0v) is 11.8. The maximum absolute atomic E-state index is 10.2. The molecule has 0 saturated heterocycles. The standard InChI is InChI=1S/C12H25N5O/c1-11(5-6-17-10-13-9-15-17)14-7-12(2,18)8-16(3)4/h9-11,14,18H,5-8H2,1-4H3. The Morgan fingerprint density at radius 2 is 2.22 bits per heavy atom. The molecule has 18 heavy (non-hydrogen) atoms. The second kappa shape index (κ2) is 6.82. The van der Waals surface area contributed by atoms with E-state index in [1.807, 2.05) is 30.6 Å². The van der Waals surface area contributed by atoms with Crippen LogP contribution in [0.15, 0.2) is 12.7 Å². The number of likely N-dealkylation sites (N-methyl/N-ethyl adjacent to an activating group) is 1. The molecule has 2 N–H and O–H groups in total. The highest BCUT2D eigenvalue weighted by molar-refractivity contribution is 4.79. The largest absolute Gasteiger partial charge is 0.388 e. The Morgan fingerprint density at radius 3 is 2.78 bits per heavy atom. The molecule has 0 spiro atoms. The molecule has 0 aliphatic heterocycles. The Bertz CT molecular complexity index is 323. The van der Waals surface area contributed by atoms with Gasteiger partial charge in [0.1, 0.15) is 12.7 Å². The number of nitrogens with zero attached hydrogens (tertiary/aromatic N) is 4. The molecule has 0 amide bonds. The third-order valence-electron chi connectivity index (χ3n) is 2.75. The summed E-state index contributed by atoms with van der Waals surface area (Å²) in [6, 6.07) is 0.336. The van der Waals surface area contributed by atoms with E-state index in [1.54, 1.807) is 12.7 Å². The van der Waals surface area contributed by atoms with Crippen LogP contribution in [0.5, 0.6) is 0 Å². The first-order valence-electron chi connectivity index (χ1n) is 6.32. The van der Waals surface area contributed by atoms with Gasteiger partial charge in [0.25, 0.3) is 0 Å². The number of aromatic nitrogens is 3. The molecule has 6 nitrogen and oxygen atoms in total. The van der Waals surface area contributed by atoms with E-state index in [-0.39, 0.29) is 0 Å². The molecular formula is C12H25N5O. The average Bonchev–Trinajstić information content (AvgIpc) is 2.74. The van der Waals surface area contributed by atoms with Crippen molar-refractivity contribution in [1.29, 1.82) is 0 Å². The van der Waals surface area contributed by atoms with Crippen LogP contribution in [0.4, 0.5) is 0 Å². The van der Waals surface area contributed by atoms with Crippen LogP contribution in [0, 0.1) is 0 Å². The lowest BCUT2D eigenvalue weighted by atomic mass is 10.1. The SMILES string of the molecule is CC(CCn1cncn1)NCC(C)(O)CN(C)C. The maximum atomic E-state index is 10.2. The highest BCUT2D eigenvalue weighted by atomic mass is 16.3. The summed E-state index contributed by atoms with van der Waals surface area (Å²) < 4.78 is 1.82.